The van der Waals surface area contributed by atoms with Gasteiger partial charge < -0.3 is 15.4 Å². The first-order valence-corrected chi connectivity index (χ1v) is 10.1. The van der Waals surface area contributed by atoms with Gasteiger partial charge in [-0.25, -0.2) is 4.79 Å². The van der Waals surface area contributed by atoms with Crippen LogP contribution >= 0.6 is 11.8 Å². The number of methoxy groups -OCH3 is 1. The van der Waals surface area contributed by atoms with Crippen LogP contribution in [0.2, 0.25) is 0 Å². The average Bonchev–Trinajstić information content (AvgIpc) is 2.73. The molecule has 0 aliphatic heterocycles. The van der Waals surface area contributed by atoms with Crippen molar-refractivity contribution in [1.29, 1.82) is 0 Å². The largest absolute Gasteiger partial charge is 0.467 e. The highest BCUT2D eigenvalue weighted by atomic mass is 32.2. The number of thioether (sulfide) groups is 1. The molecule has 2 aromatic carbocycles. The Kier molecular flexibility index (Phi) is 9.07. The summed E-state index contributed by atoms with van der Waals surface area (Å²) in [6.45, 7) is 0.185. The molecule has 148 valence electrons. The Labute approximate surface area is 169 Å². The molecule has 1 atom stereocenters. The molecule has 0 saturated carbocycles. The van der Waals surface area contributed by atoms with E-state index in [1.807, 2.05) is 36.4 Å². The predicted octanol–water partition coefficient (Wildman–Crippen LogP) is 2.40. The first-order chi connectivity index (χ1) is 13.6. The minimum atomic E-state index is -0.726. The third kappa shape index (κ3) is 7.44. The van der Waals surface area contributed by atoms with Crippen LogP contribution in [0, 0.1) is 0 Å². The molecule has 0 unspecified atom stereocenters. The van der Waals surface area contributed by atoms with Gasteiger partial charge in [0.1, 0.15) is 6.04 Å². The average molecular weight is 401 g/mol. The Morgan fingerprint density at radius 2 is 1.64 bits per heavy atom. The van der Waals surface area contributed by atoms with Gasteiger partial charge in [-0.05, 0) is 17.7 Å². The molecule has 7 heteroatoms. The molecule has 0 fully saturated rings. The highest BCUT2D eigenvalue weighted by Gasteiger charge is 2.21. The van der Waals surface area contributed by atoms with Crippen molar-refractivity contribution in [1.82, 2.24) is 10.6 Å². The normalized spacial score (nSPS) is 11.3. The lowest BCUT2D eigenvalue weighted by atomic mass is 10.2. The molecule has 2 rings (SSSR count). The summed E-state index contributed by atoms with van der Waals surface area (Å²) in [5, 5.41) is 5.37. The van der Waals surface area contributed by atoms with Gasteiger partial charge in [-0.3, -0.25) is 9.59 Å². The van der Waals surface area contributed by atoms with E-state index < -0.39 is 12.0 Å². The maximum atomic E-state index is 12.1. The van der Waals surface area contributed by atoms with E-state index in [4.69, 9.17) is 4.74 Å². The standard InChI is InChI=1S/C21H24N2O4S/c1-27-21(26)18(15-28-14-16-8-4-2-5-9-16)23-19(24)12-13-22-20(25)17-10-6-3-7-11-17/h2-11,18H,12-15H2,1H3,(H,22,25)(H,23,24)/t18-/m0/s1. The Balaban J connectivity index is 1.75. The molecule has 2 aromatic rings. The van der Waals surface area contributed by atoms with Gasteiger partial charge in [0, 0.05) is 30.0 Å². The zero-order valence-corrected chi connectivity index (χ0v) is 16.5. The second-order valence-corrected chi connectivity index (χ2v) is 7.05. The van der Waals surface area contributed by atoms with Crippen LogP contribution in [-0.4, -0.2) is 43.2 Å². The van der Waals surface area contributed by atoms with Crippen molar-refractivity contribution in [2.45, 2.75) is 18.2 Å². The summed E-state index contributed by atoms with van der Waals surface area (Å²) in [6.07, 6.45) is 0.0788. The minimum absolute atomic E-state index is 0.0788. The number of hydrogen-bond acceptors (Lipinski definition) is 5. The van der Waals surface area contributed by atoms with E-state index in [1.165, 1.54) is 7.11 Å². The van der Waals surface area contributed by atoms with Gasteiger partial charge in [0.05, 0.1) is 7.11 Å². The molecule has 0 spiro atoms. The summed E-state index contributed by atoms with van der Waals surface area (Å²) in [7, 11) is 1.30. The molecule has 0 bridgehead atoms. The van der Waals surface area contributed by atoms with Crippen LogP contribution in [-0.2, 0) is 20.1 Å². The lowest BCUT2D eigenvalue weighted by Crippen LogP contribution is -2.44. The van der Waals surface area contributed by atoms with Gasteiger partial charge in [-0.2, -0.15) is 11.8 Å². The van der Waals surface area contributed by atoms with Gasteiger partial charge in [-0.1, -0.05) is 48.5 Å². The zero-order valence-electron chi connectivity index (χ0n) is 15.7. The van der Waals surface area contributed by atoms with Crippen LogP contribution in [0.4, 0.5) is 0 Å². The summed E-state index contributed by atoms with van der Waals surface area (Å²) in [6, 6.07) is 17.9. The number of carbonyl (C=O) groups excluding carboxylic acids is 3. The third-order valence-electron chi connectivity index (χ3n) is 3.89. The number of nitrogens with one attached hydrogen (secondary N) is 2. The molecule has 2 amide bonds. The van der Waals surface area contributed by atoms with Crippen LogP contribution in [0.5, 0.6) is 0 Å². The Morgan fingerprint density at radius 1 is 1.00 bits per heavy atom. The number of ether oxygens (including phenoxy) is 1. The summed E-state index contributed by atoms with van der Waals surface area (Å²) in [5.41, 5.74) is 1.68. The van der Waals surface area contributed by atoms with Crippen LogP contribution < -0.4 is 10.6 Å². The van der Waals surface area contributed by atoms with Crippen molar-refractivity contribution >= 4 is 29.5 Å². The van der Waals surface area contributed by atoms with Crippen molar-refractivity contribution in [3.8, 4) is 0 Å². The molecule has 0 saturated heterocycles. The number of rotatable bonds is 10. The fourth-order valence-electron chi connectivity index (χ4n) is 2.43. The van der Waals surface area contributed by atoms with Crippen molar-refractivity contribution in [2.75, 3.05) is 19.4 Å². The van der Waals surface area contributed by atoms with Crippen LogP contribution in [0.3, 0.4) is 0 Å². The fraction of sp³-hybridized carbons (Fsp3) is 0.286. The van der Waals surface area contributed by atoms with Gasteiger partial charge in [-0.15, -0.1) is 0 Å². The molecule has 0 radical (unpaired) electrons. The number of carbonyl (C=O) groups is 3. The second-order valence-electron chi connectivity index (χ2n) is 6.02. The molecule has 0 heterocycles. The first-order valence-electron chi connectivity index (χ1n) is 8.92. The van der Waals surface area contributed by atoms with Gasteiger partial charge in [0.25, 0.3) is 5.91 Å². The molecule has 28 heavy (non-hydrogen) atoms. The Morgan fingerprint density at radius 3 is 2.29 bits per heavy atom. The molecule has 6 nitrogen and oxygen atoms in total. The molecule has 0 aliphatic rings. The maximum Gasteiger partial charge on any atom is 0.329 e. The Hall–Kier alpha value is -2.80. The van der Waals surface area contributed by atoms with E-state index in [0.29, 0.717) is 11.3 Å². The van der Waals surface area contributed by atoms with E-state index in [0.717, 1.165) is 11.3 Å². The van der Waals surface area contributed by atoms with Gasteiger partial charge in [0.2, 0.25) is 5.91 Å². The molecular formula is C21H24N2O4S. The SMILES string of the molecule is COC(=O)[C@H](CSCc1ccccc1)NC(=O)CCNC(=O)c1ccccc1. The quantitative estimate of drug-likeness (QED) is 0.598. The smallest absolute Gasteiger partial charge is 0.329 e. The topological polar surface area (TPSA) is 84.5 Å². The van der Waals surface area contributed by atoms with Crippen LogP contribution in [0.25, 0.3) is 0 Å². The Bertz CT molecular complexity index is 768. The van der Waals surface area contributed by atoms with Crippen LogP contribution in [0.15, 0.2) is 60.7 Å². The summed E-state index contributed by atoms with van der Waals surface area (Å²) in [4.78, 5) is 36.0. The summed E-state index contributed by atoms with van der Waals surface area (Å²) < 4.78 is 4.78. The number of amides is 2. The highest BCUT2D eigenvalue weighted by molar-refractivity contribution is 7.98. The van der Waals surface area contributed by atoms with E-state index in [9.17, 15) is 14.4 Å². The third-order valence-corrected chi connectivity index (χ3v) is 5.00. The molecule has 0 aliphatic carbocycles. The van der Waals surface area contributed by atoms with E-state index >= 15 is 0 Å². The molecule has 0 aromatic heterocycles. The summed E-state index contributed by atoms with van der Waals surface area (Å²) >= 11 is 1.54. The lowest BCUT2D eigenvalue weighted by Gasteiger charge is -2.16. The minimum Gasteiger partial charge on any atom is -0.467 e. The van der Waals surface area contributed by atoms with Crippen molar-refractivity contribution in [2.24, 2.45) is 0 Å². The number of hydrogen-bond donors (Lipinski definition) is 2. The fourth-order valence-corrected chi connectivity index (χ4v) is 3.43. The monoisotopic (exact) mass is 400 g/mol. The number of benzene rings is 2. The van der Waals surface area contributed by atoms with Crippen molar-refractivity contribution in [3.63, 3.8) is 0 Å². The van der Waals surface area contributed by atoms with E-state index in [2.05, 4.69) is 10.6 Å². The first kappa shape index (κ1) is 21.5. The maximum absolute atomic E-state index is 12.1. The van der Waals surface area contributed by atoms with Crippen LogP contribution in [0.1, 0.15) is 22.3 Å². The van der Waals surface area contributed by atoms with Crippen molar-refractivity contribution < 1.29 is 19.1 Å². The zero-order chi connectivity index (χ0) is 20.2. The predicted molar refractivity (Wildman–Crippen MR) is 110 cm³/mol. The van der Waals surface area contributed by atoms with Gasteiger partial charge >= 0.3 is 5.97 Å². The van der Waals surface area contributed by atoms with E-state index in [-0.39, 0.29) is 24.8 Å². The molecular weight excluding hydrogens is 376 g/mol. The molecule has 2 N–H and O–H groups in total. The van der Waals surface area contributed by atoms with E-state index in [1.54, 1.807) is 36.0 Å². The summed E-state index contributed by atoms with van der Waals surface area (Å²) in [5.74, 6) is 0.101. The number of esters is 1. The van der Waals surface area contributed by atoms with Crippen molar-refractivity contribution in [3.05, 3.63) is 71.8 Å². The second kappa shape index (κ2) is 11.8. The van der Waals surface area contributed by atoms with Gasteiger partial charge in [0.15, 0.2) is 0 Å². The lowest BCUT2D eigenvalue weighted by molar-refractivity contribution is -0.144. The highest BCUT2D eigenvalue weighted by Crippen LogP contribution is 2.13.